The molecule has 182 valence electrons. The molecule has 0 atom stereocenters. The van der Waals surface area contributed by atoms with Gasteiger partial charge in [-0.1, -0.05) is 34.1 Å². The molecule has 5 nitrogen and oxygen atoms in total. The van der Waals surface area contributed by atoms with Crippen molar-refractivity contribution in [3.63, 3.8) is 0 Å². The smallest absolute Gasteiger partial charge is 0.416 e. The maximum atomic E-state index is 12.4. The van der Waals surface area contributed by atoms with E-state index in [4.69, 9.17) is 5.11 Å². The molecule has 0 radical (unpaired) electrons. The first kappa shape index (κ1) is 27.3. The van der Waals surface area contributed by atoms with Gasteiger partial charge in [0.15, 0.2) is 0 Å². The number of carboxylic acids is 1. The monoisotopic (exact) mass is 549 g/mol. The molecule has 12 heteroatoms. The van der Waals surface area contributed by atoms with Crippen molar-refractivity contribution in [2.45, 2.75) is 25.8 Å². The molecule has 0 unspecified atom stereocenters. The van der Waals surface area contributed by atoms with Gasteiger partial charge in [-0.3, -0.25) is 0 Å². The number of benzene rings is 2. The van der Waals surface area contributed by atoms with Crippen LogP contribution in [0.5, 0.6) is 0 Å². The summed E-state index contributed by atoms with van der Waals surface area (Å²) in [6.07, 6.45) is -8.24. The molecule has 0 amide bonds. The van der Waals surface area contributed by atoms with Crippen LogP contribution in [0, 0.1) is 6.92 Å². The minimum absolute atomic E-state index is 0.0605. The Labute approximate surface area is 199 Å². The lowest BCUT2D eigenvalue weighted by Crippen LogP contribution is -2.14. The quantitative estimate of drug-likeness (QED) is 0.370. The summed E-state index contributed by atoms with van der Waals surface area (Å²) in [7, 11) is 1.44. The molecular formula is C22H18BrF6N3O2. The number of alkyl halides is 6. The first-order chi connectivity index (χ1) is 15.7. The Bertz CT molecular complexity index is 1130. The van der Waals surface area contributed by atoms with Gasteiger partial charge in [-0.15, -0.1) is 0 Å². The van der Waals surface area contributed by atoms with Crippen LogP contribution in [-0.4, -0.2) is 28.1 Å². The molecule has 0 fully saturated rings. The molecule has 1 heterocycles. The molecule has 0 aliphatic carbocycles. The number of carbonyl (C=O) groups is 1. The van der Waals surface area contributed by atoms with Crippen molar-refractivity contribution in [2.75, 3.05) is 7.05 Å². The first-order valence-electron chi connectivity index (χ1n) is 9.48. The van der Waals surface area contributed by atoms with E-state index >= 15 is 0 Å². The highest BCUT2D eigenvalue weighted by Crippen LogP contribution is 2.36. The van der Waals surface area contributed by atoms with Crippen molar-refractivity contribution >= 4 is 21.9 Å². The second kappa shape index (κ2) is 11.0. The van der Waals surface area contributed by atoms with E-state index in [0.717, 1.165) is 10.0 Å². The number of aromatic carboxylic acids is 1. The Morgan fingerprint density at radius 3 is 2.06 bits per heavy atom. The molecule has 0 saturated heterocycles. The standard InChI is InChI=1S/C12H9BrN2O2.C10H9F6N/c1-7-14-6-9(12(16)17)11(15-7)8-4-2-3-5-10(8)13;1-17-5-6-2-7(9(11,12)13)4-8(3-6)10(14,15)16/h2-6H,1H3,(H,16,17);2-4,17H,5H2,1H3. The third kappa shape index (κ3) is 7.26. The van der Waals surface area contributed by atoms with Crippen molar-refractivity contribution < 1.29 is 36.2 Å². The van der Waals surface area contributed by atoms with Gasteiger partial charge in [-0.05, 0) is 43.8 Å². The average molecular weight is 550 g/mol. The van der Waals surface area contributed by atoms with E-state index in [0.29, 0.717) is 23.7 Å². The van der Waals surface area contributed by atoms with E-state index in [9.17, 15) is 31.1 Å². The number of nitrogens with one attached hydrogen (secondary N) is 1. The summed E-state index contributed by atoms with van der Waals surface area (Å²) in [6, 6.07) is 8.87. The highest BCUT2D eigenvalue weighted by molar-refractivity contribution is 9.10. The summed E-state index contributed by atoms with van der Waals surface area (Å²) in [4.78, 5) is 19.2. The number of hydrogen-bond acceptors (Lipinski definition) is 4. The van der Waals surface area contributed by atoms with Crippen molar-refractivity contribution in [3.05, 3.63) is 81.2 Å². The number of rotatable bonds is 4. The summed E-state index contributed by atoms with van der Waals surface area (Å²) >= 11 is 3.39. The van der Waals surface area contributed by atoms with Crippen molar-refractivity contribution in [3.8, 4) is 11.3 Å². The first-order valence-corrected chi connectivity index (χ1v) is 10.3. The van der Waals surface area contributed by atoms with Gasteiger partial charge in [0.05, 0.1) is 16.8 Å². The molecule has 1 aromatic heterocycles. The van der Waals surface area contributed by atoms with Gasteiger partial charge < -0.3 is 10.4 Å². The number of halogens is 7. The third-order valence-electron chi connectivity index (χ3n) is 4.30. The molecule has 3 aromatic rings. The summed E-state index contributed by atoms with van der Waals surface area (Å²) in [5.74, 6) is -0.489. The number of hydrogen-bond donors (Lipinski definition) is 2. The van der Waals surface area contributed by atoms with Gasteiger partial charge in [-0.25, -0.2) is 14.8 Å². The molecule has 3 rings (SSSR count). The highest BCUT2D eigenvalue weighted by Gasteiger charge is 2.36. The second-order valence-corrected chi connectivity index (χ2v) is 7.76. The fourth-order valence-electron chi connectivity index (χ4n) is 2.81. The summed E-state index contributed by atoms with van der Waals surface area (Å²) in [5.41, 5.74) is -1.37. The van der Waals surface area contributed by atoms with Crippen LogP contribution in [0.15, 0.2) is 53.1 Å². The van der Waals surface area contributed by atoms with Gasteiger partial charge in [-0.2, -0.15) is 26.3 Å². The van der Waals surface area contributed by atoms with Gasteiger partial charge in [0.25, 0.3) is 0 Å². The van der Waals surface area contributed by atoms with Crippen molar-refractivity contribution in [1.29, 1.82) is 0 Å². The third-order valence-corrected chi connectivity index (χ3v) is 4.99. The van der Waals surface area contributed by atoms with E-state index in [-0.39, 0.29) is 23.7 Å². The predicted octanol–water partition coefficient (Wildman–Crippen LogP) is 6.36. The van der Waals surface area contributed by atoms with Gasteiger partial charge in [0.2, 0.25) is 0 Å². The van der Waals surface area contributed by atoms with E-state index in [1.807, 2.05) is 24.3 Å². The van der Waals surface area contributed by atoms with Crippen LogP contribution >= 0.6 is 15.9 Å². The number of aromatic nitrogens is 2. The molecular weight excluding hydrogens is 532 g/mol. The maximum absolute atomic E-state index is 12.4. The normalized spacial score (nSPS) is 11.6. The van der Waals surface area contributed by atoms with Crippen LogP contribution in [0.3, 0.4) is 0 Å². The highest BCUT2D eigenvalue weighted by atomic mass is 79.9. The Balaban J connectivity index is 0.000000240. The van der Waals surface area contributed by atoms with Crippen molar-refractivity contribution in [2.24, 2.45) is 0 Å². The summed E-state index contributed by atoms with van der Waals surface area (Å²) in [5, 5.41) is 11.6. The van der Waals surface area contributed by atoms with Crippen LogP contribution in [0.4, 0.5) is 26.3 Å². The Hall–Kier alpha value is -2.99. The minimum Gasteiger partial charge on any atom is -0.478 e. The van der Waals surface area contributed by atoms with E-state index in [1.165, 1.54) is 13.2 Å². The van der Waals surface area contributed by atoms with E-state index in [2.05, 4.69) is 31.2 Å². The van der Waals surface area contributed by atoms with E-state index in [1.54, 1.807) is 6.92 Å². The predicted molar refractivity (Wildman–Crippen MR) is 116 cm³/mol. The lowest BCUT2D eigenvalue weighted by molar-refractivity contribution is -0.143. The van der Waals surface area contributed by atoms with Crippen LogP contribution < -0.4 is 5.32 Å². The Morgan fingerprint density at radius 1 is 1.03 bits per heavy atom. The van der Waals surface area contributed by atoms with Crippen LogP contribution in [0.1, 0.15) is 32.9 Å². The van der Waals surface area contributed by atoms with Gasteiger partial charge in [0, 0.05) is 22.8 Å². The SMILES string of the molecule is CNCc1cc(C(F)(F)F)cc(C(F)(F)F)c1.Cc1ncc(C(=O)O)c(-c2ccccc2Br)n1. The molecule has 0 aliphatic rings. The number of carboxylic acid groups (broad SMARTS) is 1. The molecule has 34 heavy (non-hydrogen) atoms. The molecule has 0 aliphatic heterocycles. The lowest BCUT2D eigenvalue weighted by Gasteiger charge is -2.13. The molecule has 2 N–H and O–H groups in total. The number of nitrogens with zero attached hydrogens (tertiary/aromatic N) is 2. The van der Waals surface area contributed by atoms with E-state index < -0.39 is 29.4 Å². The van der Waals surface area contributed by atoms with Crippen LogP contribution in [0.2, 0.25) is 0 Å². The molecule has 0 bridgehead atoms. The van der Waals surface area contributed by atoms with Gasteiger partial charge >= 0.3 is 18.3 Å². The average Bonchev–Trinajstić information content (AvgIpc) is 2.73. The fourth-order valence-corrected chi connectivity index (χ4v) is 3.28. The lowest BCUT2D eigenvalue weighted by atomic mass is 10.0. The molecule has 0 saturated carbocycles. The Morgan fingerprint density at radius 2 is 1.59 bits per heavy atom. The zero-order valence-corrected chi connectivity index (χ0v) is 19.3. The van der Waals surface area contributed by atoms with Crippen LogP contribution in [0.25, 0.3) is 11.3 Å². The summed E-state index contributed by atoms with van der Waals surface area (Å²) in [6.45, 7) is 1.67. The Kier molecular flexibility index (Phi) is 8.78. The zero-order chi connectivity index (χ0) is 25.7. The topological polar surface area (TPSA) is 75.1 Å². The largest absolute Gasteiger partial charge is 0.478 e. The van der Waals surface area contributed by atoms with Crippen LogP contribution in [-0.2, 0) is 18.9 Å². The maximum Gasteiger partial charge on any atom is 0.416 e. The zero-order valence-electron chi connectivity index (χ0n) is 17.7. The molecule has 2 aromatic carbocycles. The summed E-state index contributed by atoms with van der Waals surface area (Å²) < 4.78 is 75.1. The van der Waals surface area contributed by atoms with Gasteiger partial charge in [0.1, 0.15) is 11.4 Å². The fraction of sp³-hybridized carbons (Fsp3) is 0.227. The molecule has 0 spiro atoms. The van der Waals surface area contributed by atoms with Crippen molar-refractivity contribution in [1.82, 2.24) is 15.3 Å². The number of aryl methyl sites for hydroxylation is 1. The minimum atomic E-state index is -4.79. The second-order valence-electron chi connectivity index (χ2n) is 6.91.